The molecule has 0 spiro atoms. The first kappa shape index (κ1) is 10.3. The smallest absolute Gasteiger partial charge is 0.0603 e. The normalized spacial score (nSPS) is 19.8. The molecule has 0 amide bonds. The van der Waals surface area contributed by atoms with Crippen molar-refractivity contribution in [2.24, 2.45) is 5.92 Å². The van der Waals surface area contributed by atoms with Gasteiger partial charge in [-0.1, -0.05) is 11.6 Å². The number of halogens is 1. The minimum absolute atomic E-state index is 0.725. The Balaban J connectivity index is 1.85. The lowest BCUT2D eigenvalue weighted by atomic mass is 10.2. The van der Waals surface area contributed by atoms with Crippen LogP contribution < -0.4 is 10.6 Å². The number of rotatable bonds is 4. The highest BCUT2D eigenvalue weighted by molar-refractivity contribution is 6.31. The van der Waals surface area contributed by atoms with E-state index in [1.54, 1.807) is 0 Å². The van der Waals surface area contributed by atoms with E-state index in [0.29, 0.717) is 0 Å². The van der Waals surface area contributed by atoms with Gasteiger partial charge in [0.05, 0.1) is 11.4 Å². The predicted molar refractivity (Wildman–Crippen MR) is 69.0 cm³/mol. The van der Waals surface area contributed by atoms with E-state index >= 15 is 0 Å². The molecule has 0 aliphatic heterocycles. The molecule has 16 heavy (non-hydrogen) atoms. The molecule has 0 bridgehead atoms. The minimum atomic E-state index is 0.725. The number of nitrogen functional groups attached to an aromatic ring is 1. The Hall–Kier alpha value is -0.890. The maximum Gasteiger partial charge on any atom is 0.0603 e. The predicted octanol–water partition coefficient (Wildman–Crippen LogP) is 3.30. The first-order valence-corrected chi connectivity index (χ1v) is 6.43. The Morgan fingerprint density at radius 3 is 2.56 bits per heavy atom. The van der Waals surface area contributed by atoms with E-state index in [9.17, 15) is 0 Å². The van der Waals surface area contributed by atoms with Crippen LogP contribution in [0.15, 0.2) is 18.2 Å². The highest BCUT2D eigenvalue weighted by atomic mass is 35.5. The van der Waals surface area contributed by atoms with Crippen LogP contribution in [0.2, 0.25) is 5.02 Å². The second kappa shape index (κ2) is 3.85. The van der Waals surface area contributed by atoms with E-state index in [1.165, 1.54) is 37.9 Å². The molecule has 1 aromatic rings. The molecule has 0 atom stereocenters. The van der Waals surface area contributed by atoms with Gasteiger partial charge in [0.2, 0.25) is 0 Å². The second-order valence-corrected chi connectivity index (χ2v) is 5.47. The summed E-state index contributed by atoms with van der Waals surface area (Å²) in [6, 6.07) is 6.59. The van der Waals surface area contributed by atoms with Crippen LogP contribution in [0.1, 0.15) is 25.7 Å². The molecular weight excluding hydrogens is 220 g/mol. The monoisotopic (exact) mass is 236 g/mol. The van der Waals surface area contributed by atoms with Gasteiger partial charge in [-0.05, 0) is 49.8 Å². The van der Waals surface area contributed by atoms with Gasteiger partial charge in [-0.3, -0.25) is 0 Å². The van der Waals surface area contributed by atoms with Crippen LogP contribution in [0.3, 0.4) is 0 Å². The van der Waals surface area contributed by atoms with E-state index in [1.807, 2.05) is 12.1 Å². The van der Waals surface area contributed by atoms with Crippen LogP contribution in [-0.4, -0.2) is 12.6 Å². The molecule has 2 fully saturated rings. The van der Waals surface area contributed by atoms with Crippen LogP contribution in [0.25, 0.3) is 0 Å². The molecule has 3 rings (SSSR count). The Kier molecular flexibility index (Phi) is 2.47. The molecule has 2 aliphatic carbocycles. The SMILES string of the molecule is Nc1cc(Cl)ccc1N(CC1CC1)C1CC1. The van der Waals surface area contributed by atoms with Crippen molar-refractivity contribution in [1.82, 2.24) is 0 Å². The molecule has 0 saturated heterocycles. The summed E-state index contributed by atoms with van der Waals surface area (Å²) < 4.78 is 0. The molecule has 2 N–H and O–H groups in total. The zero-order chi connectivity index (χ0) is 11.1. The van der Waals surface area contributed by atoms with Crippen LogP contribution in [0.4, 0.5) is 11.4 Å². The number of hydrogen-bond acceptors (Lipinski definition) is 2. The molecule has 0 unspecified atom stereocenters. The van der Waals surface area contributed by atoms with Gasteiger partial charge in [0.15, 0.2) is 0 Å². The van der Waals surface area contributed by atoms with Crippen LogP contribution >= 0.6 is 11.6 Å². The summed E-state index contributed by atoms with van der Waals surface area (Å²) in [4.78, 5) is 2.49. The molecule has 3 heteroatoms. The Morgan fingerprint density at radius 1 is 1.25 bits per heavy atom. The third-order valence-electron chi connectivity index (χ3n) is 3.44. The summed E-state index contributed by atoms with van der Waals surface area (Å²) in [6.45, 7) is 1.18. The molecule has 86 valence electrons. The van der Waals surface area contributed by atoms with Crippen molar-refractivity contribution in [3.05, 3.63) is 23.2 Å². The molecule has 2 saturated carbocycles. The topological polar surface area (TPSA) is 29.3 Å². The van der Waals surface area contributed by atoms with E-state index in [-0.39, 0.29) is 0 Å². The summed E-state index contributed by atoms with van der Waals surface area (Å²) in [6.07, 6.45) is 5.40. The number of benzene rings is 1. The number of anilines is 2. The maximum absolute atomic E-state index is 6.06. The molecule has 1 aromatic carbocycles. The van der Waals surface area contributed by atoms with E-state index in [2.05, 4.69) is 11.0 Å². The lowest BCUT2D eigenvalue weighted by molar-refractivity contribution is 0.720. The first-order valence-electron chi connectivity index (χ1n) is 6.05. The van der Waals surface area contributed by atoms with Crippen molar-refractivity contribution < 1.29 is 0 Å². The van der Waals surface area contributed by atoms with Gasteiger partial charge >= 0.3 is 0 Å². The fraction of sp³-hybridized carbons (Fsp3) is 0.538. The van der Waals surface area contributed by atoms with E-state index in [0.717, 1.165) is 22.7 Å². The number of hydrogen-bond donors (Lipinski definition) is 1. The summed E-state index contributed by atoms with van der Waals surface area (Å²) in [5, 5.41) is 0.725. The highest BCUT2D eigenvalue weighted by Gasteiger charge is 2.34. The van der Waals surface area contributed by atoms with Crippen molar-refractivity contribution in [3.63, 3.8) is 0 Å². The fourth-order valence-corrected chi connectivity index (χ4v) is 2.38. The first-order chi connectivity index (χ1) is 7.74. The standard InChI is InChI=1S/C13H17ClN2/c14-10-3-6-13(12(15)7-10)16(11-4-5-11)8-9-1-2-9/h3,6-7,9,11H,1-2,4-5,8,15H2. The summed E-state index contributed by atoms with van der Waals surface area (Å²) in [5.41, 5.74) is 8.06. The summed E-state index contributed by atoms with van der Waals surface area (Å²) >= 11 is 5.94. The lowest BCUT2D eigenvalue weighted by Gasteiger charge is -2.26. The van der Waals surface area contributed by atoms with Gasteiger partial charge in [-0.2, -0.15) is 0 Å². The molecule has 2 nitrogen and oxygen atoms in total. The van der Waals surface area contributed by atoms with Crippen molar-refractivity contribution in [2.75, 3.05) is 17.2 Å². The molecule has 0 aromatic heterocycles. The van der Waals surface area contributed by atoms with Crippen LogP contribution in [0.5, 0.6) is 0 Å². The van der Waals surface area contributed by atoms with Crippen molar-refractivity contribution in [3.8, 4) is 0 Å². The Labute approximate surface area is 101 Å². The summed E-state index contributed by atoms with van der Waals surface area (Å²) in [5.74, 6) is 0.899. The highest BCUT2D eigenvalue weighted by Crippen LogP contribution is 2.40. The third-order valence-corrected chi connectivity index (χ3v) is 3.67. The van der Waals surface area contributed by atoms with E-state index < -0.39 is 0 Å². The lowest BCUT2D eigenvalue weighted by Crippen LogP contribution is -2.28. The van der Waals surface area contributed by atoms with E-state index in [4.69, 9.17) is 17.3 Å². The maximum atomic E-state index is 6.06. The zero-order valence-electron chi connectivity index (χ0n) is 9.32. The quantitative estimate of drug-likeness (QED) is 0.813. The van der Waals surface area contributed by atoms with Crippen LogP contribution in [-0.2, 0) is 0 Å². The third kappa shape index (κ3) is 2.12. The van der Waals surface area contributed by atoms with Gasteiger partial charge in [0, 0.05) is 17.6 Å². The van der Waals surface area contributed by atoms with Gasteiger partial charge < -0.3 is 10.6 Å². The Morgan fingerprint density at radius 2 is 2.00 bits per heavy atom. The van der Waals surface area contributed by atoms with Gasteiger partial charge in [0.1, 0.15) is 0 Å². The van der Waals surface area contributed by atoms with Crippen LogP contribution in [0, 0.1) is 5.92 Å². The minimum Gasteiger partial charge on any atom is -0.397 e. The molecule has 0 radical (unpaired) electrons. The van der Waals surface area contributed by atoms with Crippen molar-refractivity contribution >= 4 is 23.0 Å². The van der Waals surface area contributed by atoms with Crippen molar-refractivity contribution in [1.29, 1.82) is 0 Å². The fourth-order valence-electron chi connectivity index (χ4n) is 2.20. The molecular formula is C13H17ClN2. The average Bonchev–Trinajstić information content (AvgIpc) is 3.11. The van der Waals surface area contributed by atoms with Gasteiger partial charge in [-0.25, -0.2) is 0 Å². The molecule has 0 heterocycles. The summed E-state index contributed by atoms with van der Waals surface area (Å²) in [7, 11) is 0. The largest absolute Gasteiger partial charge is 0.397 e. The second-order valence-electron chi connectivity index (χ2n) is 5.03. The number of nitrogens with zero attached hydrogens (tertiary/aromatic N) is 1. The van der Waals surface area contributed by atoms with Crippen molar-refractivity contribution in [2.45, 2.75) is 31.7 Å². The molecule has 2 aliphatic rings. The Bertz CT molecular complexity index is 397. The average molecular weight is 237 g/mol. The van der Waals surface area contributed by atoms with Gasteiger partial charge in [-0.15, -0.1) is 0 Å². The van der Waals surface area contributed by atoms with Gasteiger partial charge in [0.25, 0.3) is 0 Å². The number of nitrogens with two attached hydrogens (primary N) is 1. The zero-order valence-corrected chi connectivity index (χ0v) is 10.1.